The average molecular weight is 712 g/mol. The zero-order valence-electron chi connectivity index (χ0n) is 26.0. The molecule has 10 nitrogen and oxygen atoms in total. The summed E-state index contributed by atoms with van der Waals surface area (Å²) in [6.07, 6.45) is 0. The molecule has 1 aliphatic rings. The van der Waals surface area contributed by atoms with E-state index in [0.29, 0.717) is 34.5 Å². The minimum absolute atomic E-state index is 0.303. The molecule has 0 bridgehead atoms. The summed E-state index contributed by atoms with van der Waals surface area (Å²) in [5.74, 6) is 2.09. The summed E-state index contributed by atoms with van der Waals surface area (Å²) in [6, 6.07) is 54.0. The Balaban J connectivity index is 1.57. The molecule has 1 aliphatic heterocycles. The molecule has 7 rings (SSSR count). The van der Waals surface area contributed by atoms with Crippen LogP contribution in [0.3, 0.4) is 0 Å². The molecule has 49 heavy (non-hydrogen) atoms. The van der Waals surface area contributed by atoms with Gasteiger partial charge in [-0.15, -0.1) is 0 Å². The summed E-state index contributed by atoms with van der Waals surface area (Å²) in [5, 5.41) is 12.5. The first-order valence-electron chi connectivity index (χ1n) is 15.2. The van der Waals surface area contributed by atoms with Crippen molar-refractivity contribution in [2.45, 2.75) is 0 Å². The van der Waals surface area contributed by atoms with Gasteiger partial charge >= 0.3 is 287 Å². The van der Waals surface area contributed by atoms with Crippen molar-refractivity contribution in [3.8, 4) is 34.5 Å². The van der Waals surface area contributed by atoms with E-state index in [0.717, 1.165) is 4.60 Å². The topological polar surface area (TPSA) is 94.5 Å². The van der Waals surface area contributed by atoms with Gasteiger partial charge in [0.05, 0.1) is 0 Å². The predicted molar refractivity (Wildman–Crippen MR) is 192 cm³/mol. The van der Waals surface area contributed by atoms with Gasteiger partial charge in [0.25, 0.3) is 0 Å². The van der Waals surface area contributed by atoms with Gasteiger partial charge in [0.1, 0.15) is 0 Å². The van der Waals surface area contributed by atoms with Crippen molar-refractivity contribution >= 4 is 24.1 Å². The number of hydrogen-bond donors (Lipinski definition) is 1. The van der Waals surface area contributed by atoms with E-state index in [1.807, 2.05) is 72.8 Å². The Morgan fingerprint density at radius 1 is 0.449 bits per heavy atom. The number of benzene rings is 6. The zero-order chi connectivity index (χ0) is 33.4. The second-order valence-corrected chi connectivity index (χ2v) is 17.2. The molecule has 6 aromatic rings. The van der Waals surface area contributed by atoms with Crippen LogP contribution < -0.4 is 27.5 Å². The molecule has 0 saturated heterocycles. The molecule has 13 heteroatoms. The Morgan fingerprint density at radius 3 is 1.10 bits per heavy atom. The van der Waals surface area contributed by atoms with Crippen LogP contribution in [0.25, 0.3) is 0 Å². The molecule has 0 aromatic heterocycles. The van der Waals surface area contributed by atoms with Crippen molar-refractivity contribution in [1.29, 1.82) is 0 Å². The van der Waals surface area contributed by atoms with Crippen LogP contribution in [0.4, 0.5) is 0 Å². The number of rotatable bonds is 12. The maximum absolute atomic E-state index is 12.5. The molecule has 1 heterocycles. The molecule has 1 atom stereocenters. The molecule has 0 fully saturated rings. The molecule has 0 amide bonds. The van der Waals surface area contributed by atoms with Crippen molar-refractivity contribution in [2.75, 3.05) is 0 Å². The SMILES string of the molecule is ON1PN=P(Oc2ccccc2)(Oc2ccccc2)N(Oc2ccccc2)P1(Oc1ccccc1)(Oc1ccccc1)Oc1ccccc1. The average Bonchev–Trinajstić information content (AvgIpc) is 3.15. The van der Waals surface area contributed by atoms with Gasteiger partial charge in [0.2, 0.25) is 0 Å². The summed E-state index contributed by atoms with van der Waals surface area (Å²) in [6.45, 7) is 0. The normalized spacial score (nSPS) is 17.7. The van der Waals surface area contributed by atoms with Gasteiger partial charge in [0, 0.05) is 0 Å². The fraction of sp³-hybridized carbons (Fsp3) is 0. The molecule has 0 aliphatic carbocycles. The molecule has 0 spiro atoms. The van der Waals surface area contributed by atoms with Crippen molar-refractivity contribution in [2.24, 2.45) is 4.52 Å². The second kappa shape index (κ2) is 14.3. The van der Waals surface area contributed by atoms with E-state index in [-0.39, 0.29) is 0 Å². The summed E-state index contributed by atoms with van der Waals surface area (Å²) in [7, 11) is -10.4. The Morgan fingerprint density at radius 2 is 0.755 bits per heavy atom. The fourth-order valence-corrected chi connectivity index (χ4v) is 14.2. The van der Waals surface area contributed by atoms with E-state index < -0.39 is 24.1 Å². The van der Waals surface area contributed by atoms with Crippen molar-refractivity contribution < 1.29 is 32.7 Å². The minimum atomic E-state index is -5.64. The van der Waals surface area contributed by atoms with Gasteiger partial charge in [-0.1, -0.05) is 0 Å². The first-order valence-corrected chi connectivity index (χ1v) is 19.6. The number of nitrogens with zero attached hydrogens (tertiary/aromatic N) is 3. The van der Waals surface area contributed by atoms with Gasteiger partial charge in [-0.2, -0.15) is 0 Å². The van der Waals surface area contributed by atoms with E-state index >= 15 is 0 Å². The van der Waals surface area contributed by atoms with Crippen LogP contribution in [-0.4, -0.2) is 14.4 Å². The van der Waals surface area contributed by atoms with Crippen LogP contribution in [-0.2, 0) is 0 Å². The van der Waals surface area contributed by atoms with E-state index in [2.05, 4.69) is 0 Å². The predicted octanol–water partition coefficient (Wildman–Crippen LogP) is 11.0. The molecular formula is C36H32N3O7P3. The van der Waals surface area contributed by atoms with Gasteiger partial charge in [-0.05, 0) is 0 Å². The quantitative estimate of drug-likeness (QED) is 0.124. The summed E-state index contributed by atoms with van der Waals surface area (Å²) in [5.41, 5.74) is 0. The molecule has 0 saturated carbocycles. The molecule has 1 N–H and O–H groups in total. The Hall–Kier alpha value is -4.91. The first-order chi connectivity index (χ1) is 24.1. The van der Waals surface area contributed by atoms with E-state index in [1.165, 1.54) is 4.60 Å². The molecule has 6 aromatic carbocycles. The zero-order valence-corrected chi connectivity index (χ0v) is 28.7. The summed E-state index contributed by atoms with van der Waals surface area (Å²) >= 11 is 0. The van der Waals surface area contributed by atoms with Crippen molar-refractivity contribution in [1.82, 2.24) is 9.21 Å². The third-order valence-corrected chi connectivity index (χ3v) is 15.6. The molecular weight excluding hydrogens is 679 g/mol. The summed E-state index contributed by atoms with van der Waals surface area (Å²) in [4.78, 5) is 6.85. The van der Waals surface area contributed by atoms with Gasteiger partial charge in [0.15, 0.2) is 0 Å². The van der Waals surface area contributed by atoms with Crippen molar-refractivity contribution in [3.05, 3.63) is 182 Å². The van der Waals surface area contributed by atoms with E-state index in [4.69, 9.17) is 32.0 Å². The maximum atomic E-state index is 12.5. The third-order valence-electron chi connectivity index (χ3n) is 6.96. The monoisotopic (exact) mass is 711 g/mol. The van der Waals surface area contributed by atoms with Crippen LogP contribution in [0, 0.1) is 0 Å². The van der Waals surface area contributed by atoms with Crippen LogP contribution in [0.2, 0.25) is 0 Å². The van der Waals surface area contributed by atoms with Crippen LogP contribution in [0.15, 0.2) is 187 Å². The van der Waals surface area contributed by atoms with Crippen LogP contribution in [0.1, 0.15) is 0 Å². The fourth-order valence-electron chi connectivity index (χ4n) is 4.79. The van der Waals surface area contributed by atoms with Gasteiger partial charge < -0.3 is 0 Å². The van der Waals surface area contributed by atoms with E-state index in [9.17, 15) is 5.21 Å². The van der Waals surface area contributed by atoms with Crippen LogP contribution >= 0.6 is 24.1 Å². The Labute approximate surface area is 286 Å². The Kier molecular flexibility index (Phi) is 9.52. The van der Waals surface area contributed by atoms with E-state index in [1.54, 1.807) is 109 Å². The number of hydrogen-bond acceptors (Lipinski definition) is 10. The van der Waals surface area contributed by atoms with Gasteiger partial charge in [-0.3, -0.25) is 0 Å². The molecule has 0 radical (unpaired) electrons. The van der Waals surface area contributed by atoms with Crippen LogP contribution in [0.5, 0.6) is 34.5 Å². The number of para-hydroxylation sites is 6. The standard InChI is InChI=1S/C36H32N3O7P3/c40-38-47-37-48(42-32-21-9-2-10-22-32,43-33-23-11-3-12-24-33)39(41-31-19-7-1-8-20-31)49(38,44-34-25-13-4-14-26-34,45-35-27-15-5-16-28-35)46-36-29-17-6-18-30-36/h1-30,40,47H. The second-order valence-electron chi connectivity index (χ2n) is 10.5. The molecule has 248 valence electrons. The first kappa shape index (κ1) is 32.6. The van der Waals surface area contributed by atoms with Gasteiger partial charge in [-0.25, -0.2) is 0 Å². The van der Waals surface area contributed by atoms with Crippen molar-refractivity contribution in [3.63, 3.8) is 0 Å². The third kappa shape index (κ3) is 6.85. The summed E-state index contributed by atoms with van der Waals surface area (Å²) < 4.78 is 41.9. The Bertz CT molecular complexity index is 1850. The molecule has 1 unspecified atom stereocenters.